The Morgan fingerprint density at radius 2 is 1.84 bits per heavy atom. The van der Waals surface area contributed by atoms with Crippen molar-refractivity contribution in [3.05, 3.63) is 47.7 Å². The highest BCUT2D eigenvalue weighted by Crippen LogP contribution is 2.58. The zero-order chi connectivity index (χ0) is 22.9. The molecule has 1 saturated carbocycles. The summed E-state index contributed by atoms with van der Waals surface area (Å²) in [5.74, 6) is -2.54. The molecule has 1 aromatic carbocycles. The molecule has 12 heteroatoms. The number of ether oxygens (including phenoxy) is 2. The first-order chi connectivity index (χ1) is 14.4. The Kier molecular flexibility index (Phi) is 6.21. The Bertz CT molecular complexity index is 907. The topological polar surface area (TPSA) is 65.4 Å². The third-order valence-electron chi connectivity index (χ3n) is 4.89. The number of esters is 1. The molecular formula is C19H19F6N3O3. The lowest BCUT2D eigenvalue weighted by Gasteiger charge is -2.20. The van der Waals surface area contributed by atoms with Gasteiger partial charge in [0.1, 0.15) is 12.3 Å². The summed E-state index contributed by atoms with van der Waals surface area (Å²) >= 11 is 0. The molecule has 1 atom stereocenters. The Hall–Kier alpha value is -2.76. The first-order valence-corrected chi connectivity index (χ1v) is 9.21. The van der Waals surface area contributed by atoms with Gasteiger partial charge in [-0.15, -0.1) is 0 Å². The molecule has 1 fully saturated rings. The van der Waals surface area contributed by atoms with E-state index < -0.39 is 36.5 Å². The van der Waals surface area contributed by atoms with E-state index in [0.29, 0.717) is 0 Å². The van der Waals surface area contributed by atoms with Crippen molar-refractivity contribution in [3.63, 3.8) is 0 Å². The Morgan fingerprint density at radius 1 is 1.19 bits per heavy atom. The van der Waals surface area contributed by atoms with Gasteiger partial charge in [0.25, 0.3) is 0 Å². The van der Waals surface area contributed by atoms with Crippen LogP contribution in [-0.4, -0.2) is 35.2 Å². The largest absolute Gasteiger partial charge is 0.490 e. The van der Waals surface area contributed by atoms with Gasteiger partial charge in [-0.3, -0.25) is 5.32 Å². The normalized spacial score (nSPS) is 16.6. The zero-order valence-corrected chi connectivity index (χ0v) is 16.3. The van der Waals surface area contributed by atoms with Crippen molar-refractivity contribution in [1.82, 2.24) is 15.1 Å². The third-order valence-corrected chi connectivity index (χ3v) is 4.89. The minimum absolute atomic E-state index is 0.00243. The monoisotopic (exact) mass is 451 g/mol. The molecule has 0 aliphatic heterocycles. The Morgan fingerprint density at radius 3 is 2.35 bits per heavy atom. The standard InChI is InChI=1S/C19H19F6N3O3/c1-26-15(31-16(29)18(20,21)22)13-9-14(30-10-12-5-3-2-4-6-12)28(27-13)11-17(7-8-17)19(23,24)25/h2-6,9,15,26H,7-8,10-11H2,1H3. The van der Waals surface area contributed by atoms with E-state index in [0.717, 1.165) is 16.3 Å². The summed E-state index contributed by atoms with van der Waals surface area (Å²) in [6.45, 7) is -0.568. The summed E-state index contributed by atoms with van der Waals surface area (Å²) in [7, 11) is 1.22. The van der Waals surface area contributed by atoms with E-state index in [1.807, 2.05) is 0 Å². The van der Waals surface area contributed by atoms with Gasteiger partial charge in [0.2, 0.25) is 5.88 Å². The molecule has 2 aromatic rings. The van der Waals surface area contributed by atoms with Crippen molar-refractivity contribution >= 4 is 5.97 Å². The molecule has 1 aliphatic carbocycles. The molecule has 1 aromatic heterocycles. The summed E-state index contributed by atoms with van der Waals surface area (Å²) in [5.41, 5.74) is -1.47. The van der Waals surface area contributed by atoms with E-state index in [1.165, 1.54) is 7.05 Å². The molecule has 1 N–H and O–H groups in total. The average Bonchev–Trinajstić information content (AvgIpc) is 3.38. The summed E-state index contributed by atoms with van der Waals surface area (Å²) in [5, 5.41) is 6.30. The van der Waals surface area contributed by atoms with Crippen LogP contribution >= 0.6 is 0 Å². The number of nitrogens with zero attached hydrogens (tertiary/aromatic N) is 2. The van der Waals surface area contributed by atoms with E-state index >= 15 is 0 Å². The van der Waals surface area contributed by atoms with Crippen molar-refractivity contribution in [3.8, 4) is 5.88 Å². The van der Waals surface area contributed by atoms with Gasteiger partial charge in [0.05, 0.1) is 12.0 Å². The fourth-order valence-electron chi connectivity index (χ4n) is 2.92. The number of benzene rings is 1. The minimum Gasteiger partial charge on any atom is -0.473 e. The molecule has 3 rings (SSSR count). The Labute approximate surface area is 173 Å². The predicted molar refractivity (Wildman–Crippen MR) is 94.7 cm³/mol. The second-order valence-corrected chi connectivity index (χ2v) is 7.19. The van der Waals surface area contributed by atoms with Gasteiger partial charge in [-0.25, -0.2) is 9.48 Å². The highest BCUT2D eigenvalue weighted by molar-refractivity contribution is 5.75. The maximum absolute atomic E-state index is 13.4. The fourth-order valence-corrected chi connectivity index (χ4v) is 2.92. The third kappa shape index (κ3) is 5.30. The van der Waals surface area contributed by atoms with Crippen LogP contribution in [0.15, 0.2) is 36.4 Å². The summed E-state index contributed by atoms with van der Waals surface area (Å²) in [6.07, 6.45) is -11.5. The molecule has 1 unspecified atom stereocenters. The van der Waals surface area contributed by atoms with Crippen molar-refractivity contribution in [2.24, 2.45) is 5.41 Å². The average molecular weight is 451 g/mol. The molecule has 6 nitrogen and oxygen atoms in total. The molecule has 0 saturated heterocycles. The number of carbonyl (C=O) groups is 1. The van der Waals surface area contributed by atoms with E-state index in [9.17, 15) is 31.1 Å². The molecule has 0 bridgehead atoms. The maximum Gasteiger partial charge on any atom is 0.490 e. The van der Waals surface area contributed by atoms with Gasteiger partial charge in [0, 0.05) is 6.07 Å². The number of hydrogen-bond donors (Lipinski definition) is 1. The minimum atomic E-state index is -5.24. The number of halogens is 6. The lowest BCUT2D eigenvalue weighted by Crippen LogP contribution is -2.32. The smallest absolute Gasteiger partial charge is 0.473 e. The van der Waals surface area contributed by atoms with Crippen molar-refractivity contribution in [2.75, 3.05) is 7.05 Å². The molecule has 0 amide bonds. The zero-order valence-electron chi connectivity index (χ0n) is 16.3. The lowest BCUT2D eigenvalue weighted by molar-refractivity contribution is -0.206. The lowest BCUT2D eigenvalue weighted by atomic mass is 10.1. The van der Waals surface area contributed by atoms with Crippen LogP contribution in [0.1, 0.15) is 30.3 Å². The molecular weight excluding hydrogens is 432 g/mol. The first-order valence-electron chi connectivity index (χ1n) is 9.21. The molecule has 170 valence electrons. The van der Waals surface area contributed by atoms with Crippen LogP contribution in [0.2, 0.25) is 0 Å². The van der Waals surface area contributed by atoms with Crippen molar-refractivity contribution in [1.29, 1.82) is 0 Å². The molecule has 1 heterocycles. The van der Waals surface area contributed by atoms with Crippen LogP contribution < -0.4 is 10.1 Å². The van der Waals surface area contributed by atoms with Crippen LogP contribution in [0.5, 0.6) is 5.88 Å². The summed E-state index contributed by atoms with van der Waals surface area (Å²) in [4.78, 5) is 11.2. The van der Waals surface area contributed by atoms with Gasteiger partial charge >= 0.3 is 18.3 Å². The molecule has 1 aliphatic rings. The number of rotatable bonds is 8. The van der Waals surface area contributed by atoms with Gasteiger partial charge in [-0.05, 0) is 25.5 Å². The number of hydrogen-bond acceptors (Lipinski definition) is 5. The Balaban J connectivity index is 1.86. The van der Waals surface area contributed by atoms with Gasteiger partial charge in [0.15, 0.2) is 6.23 Å². The maximum atomic E-state index is 13.4. The van der Waals surface area contributed by atoms with E-state index in [4.69, 9.17) is 4.74 Å². The quantitative estimate of drug-likeness (QED) is 0.372. The van der Waals surface area contributed by atoms with Crippen LogP contribution in [0.3, 0.4) is 0 Å². The predicted octanol–water partition coefficient (Wildman–Crippen LogP) is 4.13. The van der Waals surface area contributed by atoms with Crippen molar-refractivity contribution in [2.45, 2.75) is 44.6 Å². The summed E-state index contributed by atoms with van der Waals surface area (Å²) < 4.78 is 88.8. The number of carbonyl (C=O) groups excluding carboxylic acids is 1. The van der Waals surface area contributed by atoms with Crippen LogP contribution in [0.4, 0.5) is 26.3 Å². The van der Waals surface area contributed by atoms with Crippen LogP contribution in [-0.2, 0) is 22.7 Å². The van der Waals surface area contributed by atoms with Gasteiger partial charge in [-0.1, -0.05) is 30.3 Å². The highest BCUT2D eigenvalue weighted by Gasteiger charge is 2.63. The highest BCUT2D eigenvalue weighted by atomic mass is 19.4. The first kappa shape index (κ1) is 22.9. The number of aromatic nitrogens is 2. The second-order valence-electron chi connectivity index (χ2n) is 7.19. The molecule has 0 spiro atoms. The number of nitrogens with one attached hydrogen (secondary N) is 1. The summed E-state index contributed by atoms with van der Waals surface area (Å²) in [6, 6.07) is 9.90. The number of alkyl halides is 6. The fraction of sp³-hybridized carbons (Fsp3) is 0.474. The molecule has 31 heavy (non-hydrogen) atoms. The molecule has 0 radical (unpaired) electrons. The van der Waals surface area contributed by atoms with E-state index in [1.54, 1.807) is 30.3 Å². The van der Waals surface area contributed by atoms with E-state index in [2.05, 4.69) is 15.2 Å². The van der Waals surface area contributed by atoms with Crippen molar-refractivity contribution < 1.29 is 40.6 Å². The SMILES string of the molecule is CNC(OC(=O)C(F)(F)F)c1cc(OCc2ccccc2)n(CC2(C(F)(F)F)CC2)n1. The second kappa shape index (κ2) is 8.40. The van der Waals surface area contributed by atoms with Crippen LogP contribution in [0.25, 0.3) is 0 Å². The van der Waals surface area contributed by atoms with E-state index in [-0.39, 0.29) is 31.0 Å². The van der Waals surface area contributed by atoms with Gasteiger partial charge < -0.3 is 9.47 Å². The van der Waals surface area contributed by atoms with Gasteiger partial charge in [-0.2, -0.15) is 31.4 Å². The van der Waals surface area contributed by atoms with Crippen LogP contribution in [0, 0.1) is 5.41 Å².